The third kappa shape index (κ3) is 3.82. The van der Waals surface area contributed by atoms with E-state index in [1.54, 1.807) is 10.7 Å². The van der Waals surface area contributed by atoms with Crippen molar-refractivity contribution in [2.75, 3.05) is 13.1 Å². The lowest BCUT2D eigenvalue weighted by molar-refractivity contribution is 0.0527. The number of aromatic nitrogens is 2. The molecule has 1 amide bonds. The Balaban J connectivity index is 0.00000208. The molecular weight excluding hydrogens is 392 g/mol. The Kier molecular flexibility index (Phi) is 5.73. The Morgan fingerprint density at radius 2 is 2.12 bits per heavy atom. The maximum Gasteiger partial charge on any atom is 0.274 e. The average molecular weight is 414 g/mol. The number of amides is 1. The van der Waals surface area contributed by atoms with Gasteiger partial charge in [0.15, 0.2) is 5.69 Å². The molecule has 1 saturated heterocycles. The third-order valence-corrected chi connectivity index (χ3v) is 4.97. The summed E-state index contributed by atoms with van der Waals surface area (Å²) in [6.45, 7) is 5.57. The lowest BCUT2D eigenvalue weighted by atomic mass is 9.79. The molecule has 1 fully saturated rings. The van der Waals surface area contributed by atoms with Gasteiger partial charge < -0.3 is 10.6 Å². The van der Waals surface area contributed by atoms with Crippen molar-refractivity contribution in [3.8, 4) is 5.69 Å². The van der Waals surface area contributed by atoms with Crippen molar-refractivity contribution in [1.82, 2.24) is 14.7 Å². The summed E-state index contributed by atoms with van der Waals surface area (Å²) in [6, 6.07) is 9.71. The first-order valence-electron chi connectivity index (χ1n) is 7.73. The van der Waals surface area contributed by atoms with Crippen LogP contribution in [0.5, 0.6) is 0 Å². The van der Waals surface area contributed by atoms with Crippen molar-refractivity contribution < 1.29 is 4.79 Å². The zero-order chi connectivity index (χ0) is 16.6. The Hall–Kier alpha value is -1.37. The molecule has 1 unspecified atom stereocenters. The number of rotatable bonds is 2. The van der Waals surface area contributed by atoms with E-state index < -0.39 is 0 Å². The highest BCUT2D eigenvalue weighted by atomic mass is 79.9. The molecule has 7 heteroatoms. The average Bonchev–Trinajstić information content (AvgIpc) is 2.99. The number of nitrogens with zero attached hydrogens (tertiary/aromatic N) is 3. The monoisotopic (exact) mass is 412 g/mol. The van der Waals surface area contributed by atoms with Gasteiger partial charge in [0.2, 0.25) is 0 Å². The lowest BCUT2D eigenvalue weighted by Crippen LogP contribution is -2.54. The van der Waals surface area contributed by atoms with Crippen LogP contribution in [0.3, 0.4) is 0 Å². The highest BCUT2D eigenvalue weighted by Crippen LogP contribution is 2.28. The molecule has 0 saturated carbocycles. The van der Waals surface area contributed by atoms with Gasteiger partial charge in [-0.1, -0.05) is 35.8 Å². The number of benzene rings is 1. The summed E-state index contributed by atoms with van der Waals surface area (Å²) in [5.74, 6) is -0.0290. The van der Waals surface area contributed by atoms with Crippen molar-refractivity contribution >= 4 is 34.2 Å². The van der Waals surface area contributed by atoms with Crippen LogP contribution >= 0.6 is 28.3 Å². The zero-order valence-electron chi connectivity index (χ0n) is 13.8. The van der Waals surface area contributed by atoms with Gasteiger partial charge in [-0.05, 0) is 36.1 Å². The van der Waals surface area contributed by atoms with E-state index >= 15 is 0 Å². The number of halogens is 2. The fraction of sp³-hybridized carbons (Fsp3) is 0.412. The van der Waals surface area contributed by atoms with Crippen LogP contribution < -0.4 is 5.73 Å². The molecular formula is C17H22BrClN4O. The molecule has 2 N–H and O–H groups in total. The van der Waals surface area contributed by atoms with Gasteiger partial charge in [-0.2, -0.15) is 5.10 Å². The van der Waals surface area contributed by atoms with E-state index in [1.165, 1.54) is 0 Å². The minimum atomic E-state index is -0.0687. The van der Waals surface area contributed by atoms with E-state index in [-0.39, 0.29) is 29.8 Å². The SMILES string of the molecule is CC1(C)CN(C(=O)c2ccn(-c3cccc(Br)c3)n2)CCC1N.Cl. The third-order valence-electron chi connectivity index (χ3n) is 4.48. The highest BCUT2D eigenvalue weighted by Gasteiger charge is 2.36. The van der Waals surface area contributed by atoms with Crippen LogP contribution in [0.4, 0.5) is 0 Å². The van der Waals surface area contributed by atoms with E-state index in [0.717, 1.165) is 16.6 Å². The molecule has 0 bridgehead atoms. The van der Waals surface area contributed by atoms with Crippen LogP contribution in [0.25, 0.3) is 5.69 Å². The van der Waals surface area contributed by atoms with Gasteiger partial charge in [-0.25, -0.2) is 4.68 Å². The quantitative estimate of drug-likeness (QED) is 0.822. The summed E-state index contributed by atoms with van der Waals surface area (Å²) in [5, 5.41) is 4.44. The molecule has 1 aliphatic heterocycles. The number of likely N-dealkylation sites (tertiary alicyclic amines) is 1. The number of nitrogens with two attached hydrogens (primary N) is 1. The summed E-state index contributed by atoms with van der Waals surface area (Å²) in [4.78, 5) is 14.6. The number of carbonyl (C=O) groups is 1. The fourth-order valence-electron chi connectivity index (χ4n) is 2.91. The fourth-order valence-corrected chi connectivity index (χ4v) is 3.30. The topological polar surface area (TPSA) is 64.2 Å². The smallest absolute Gasteiger partial charge is 0.274 e. The molecule has 1 atom stereocenters. The Morgan fingerprint density at radius 3 is 2.79 bits per heavy atom. The van der Waals surface area contributed by atoms with Crippen LogP contribution in [0.1, 0.15) is 30.8 Å². The minimum absolute atomic E-state index is 0. The molecule has 1 aliphatic rings. The molecule has 2 heterocycles. The molecule has 0 radical (unpaired) electrons. The van der Waals surface area contributed by atoms with Gasteiger partial charge in [0, 0.05) is 29.8 Å². The number of hydrogen-bond acceptors (Lipinski definition) is 3. The first-order chi connectivity index (χ1) is 10.9. The molecule has 1 aromatic heterocycles. The summed E-state index contributed by atoms with van der Waals surface area (Å²) in [6.07, 6.45) is 2.64. The van der Waals surface area contributed by atoms with E-state index in [2.05, 4.69) is 34.9 Å². The van der Waals surface area contributed by atoms with Crippen LogP contribution in [-0.4, -0.2) is 39.7 Å². The standard InChI is InChI=1S/C17H21BrN4O.ClH/c1-17(2)11-21(8-7-15(17)19)16(23)14-6-9-22(20-14)13-5-3-4-12(18)10-13;/h3-6,9-10,15H,7-8,11,19H2,1-2H3;1H. The second-order valence-corrected chi connectivity index (χ2v) is 7.65. The first-order valence-corrected chi connectivity index (χ1v) is 8.52. The van der Waals surface area contributed by atoms with Crippen LogP contribution in [-0.2, 0) is 0 Å². The molecule has 24 heavy (non-hydrogen) atoms. The zero-order valence-corrected chi connectivity index (χ0v) is 16.2. The lowest BCUT2D eigenvalue weighted by Gasteiger charge is -2.42. The van der Waals surface area contributed by atoms with E-state index in [0.29, 0.717) is 18.8 Å². The number of piperidine rings is 1. The Morgan fingerprint density at radius 1 is 1.38 bits per heavy atom. The molecule has 3 rings (SSSR count). The summed E-state index contributed by atoms with van der Waals surface area (Å²) >= 11 is 3.45. The predicted octanol–water partition coefficient (Wildman–Crippen LogP) is 3.26. The molecule has 1 aromatic carbocycles. The van der Waals surface area contributed by atoms with Crippen molar-refractivity contribution in [2.45, 2.75) is 26.3 Å². The van der Waals surface area contributed by atoms with Crippen molar-refractivity contribution in [3.63, 3.8) is 0 Å². The normalized spacial score (nSPS) is 19.7. The number of carbonyl (C=O) groups excluding carboxylic acids is 1. The summed E-state index contributed by atoms with van der Waals surface area (Å²) in [7, 11) is 0. The Bertz CT molecular complexity index is 731. The predicted molar refractivity (Wildman–Crippen MR) is 101 cm³/mol. The second-order valence-electron chi connectivity index (χ2n) is 6.74. The maximum atomic E-state index is 12.7. The summed E-state index contributed by atoms with van der Waals surface area (Å²) in [5.41, 5.74) is 7.46. The van der Waals surface area contributed by atoms with Crippen LogP contribution in [0, 0.1) is 5.41 Å². The second kappa shape index (κ2) is 7.25. The van der Waals surface area contributed by atoms with Crippen molar-refractivity contribution in [2.24, 2.45) is 11.1 Å². The van der Waals surface area contributed by atoms with Gasteiger partial charge in [0.25, 0.3) is 5.91 Å². The molecule has 0 spiro atoms. The van der Waals surface area contributed by atoms with E-state index in [9.17, 15) is 4.79 Å². The van der Waals surface area contributed by atoms with Gasteiger partial charge in [-0.15, -0.1) is 12.4 Å². The van der Waals surface area contributed by atoms with Gasteiger partial charge in [-0.3, -0.25) is 4.79 Å². The number of hydrogen-bond donors (Lipinski definition) is 1. The first kappa shape index (κ1) is 19.0. The van der Waals surface area contributed by atoms with Crippen LogP contribution in [0.2, 0.25) is 0 Å². The van der Waals surface area contributed by atoms with Gasteiger partial charge in [0.05, 0.1) is 5.69 Å². The highest BCUT2D eigenvalue weighted by molar-refractivity contribution is 9.10. The van der Waals surface area contributed by atoms with E-state index in [4.69, 9.17) is 5.73 Å². The van der Waals surface area contributed by atoms with Gasteiger partial charge >= 0.3 is 0 Å². The molecule has 5 nitrogen and oxygen atoms in total. The molecule has 130 valence electrons. The summed E-state index contributed by atoms with van der Waals surface area (Å²) < 4.78 is 2.70. The van der Waals surface area contributed by atoms with Crippen LogP contribution in [0.15, 0.2) is 41.0 Å². The molecule has 2 aromatic rings. The van der Waals surface area contributed by atoms with Gasteiger partial charge in [0.1, 0.15) is 0 Å². The van der Waals surface area contributed by atoms with Crippen molar-refractivity contribution in [3.05, 3.63) is 46.7 Å². The maximum absolute atomic E-state index is 12.7. The van der Waals surface area contributed by atoms with Crippen molar-refractivity contribution in [1.29, 1.82) is 0 Å². The van der Waals surface area contributed by atoms with E-state index in [1.807, 2.05) is 35.4 Å². The largest absolute Gasteiger partial charge is 0.337 e. The Labute approximate surface area is 156 Å². The molecule has 0 aliphatic carbocycles. The minimum Gasteiger partial charge on any atom is -0.337 e.